The molecular weight excluding hydrogens is 287 g/mol. The zero-order valence-electron chi connectivity index (χ0n) is 11.4. The molecule has 2 unspecified atom stereocenters. The van der Waals surface area contributed by atoms with Gasteiger partial charge in [0.15, 0.2) is 17.4 Å². The van der Waals surface area contributed by atoms with E-state index in [0.717, 1.165) is 17.7 Å². The Morgan fingerprint density at radius 1 is 1.24 bits per heavy atom. The minimum atomic E-state index is -1.73. The third kappa shape index (κ3) is 2.83. The highest BCUT2D eigenvalue weighted by molar-refractivity contribution is 5.95. The fourth-order valence-corrected chi connectivity index (χ4v) is 2.63. The van der Waals surface area contributed by atoms with Gasteiger partial charge in [0.2, 0.25) is 5.82 Å². The molecule has 4 nitrogen and oxygen atoms in total. The lowest BCUT2D eigenvalue weighted by Gasteiger charge is -2.35. The van der Waals surface area contributed by atoms with Gasteiger partial charge in [-0.25, -0.2) is 8.78 Å². The van der Waals surface area contributed by atoms with Crippen molar-refractivity contribution in [2.75, 3.05) is 7.05 Å². The summed E-state index contributed by atoms with van der Waals surface area (Å²) in [4.78, 5) is 13.3. The van der Waals surface area contributed by atoms with Crippen LogP contribution in [0.5, 0.6) is 5.75 Å². The van der Waals surface area contributed by atoms with Crippen LogP contribution in [0.2, 0.25) is 0 Å². The van der Waals surface area contributed by atoms with E-state index in [1.807, 2.05) is 0 Å². The van der Waals surface area contributed by atoms with Crippen molar-refractivity contribution in [2.45, 2.75) is 37.8 Å². The van der Waals surface area contributed by atoms with Crippen LogP contribution in [0.1, 0.15) is 36.0 Å². The second-order valence-electron chi connectivity index (χ2n) is 5.22. The number of rotatable bonds is 2. The van der Waals surface area contributed by atoms with Crippen LogP contribution in [0.4, 0.5) is 13.2 Å². The largest absolute Gasteiger partial charge is 0.503 e. The Hall–Kier alpha value is -1.76. The third-order valence-electron chi connectivity index (χ3n) is 3.88. The lowest BCUT2D eigenvalue weighted by atomic mass is 9.91. The average molecular weight is 303 g/mol. The highest BCUT2D eigenvalue weighted by Gasteiger charge is 2.32. The normalized spacial score (nSPS) is 22.1. The van der Waals surface area contributed by atoms with Crippen LogP contribution >= 0.6 is 0 Å². The predicted octanol–water partition coefficient (Wildman–Crippen LogP) is 2.19. The summed E-state index contributed by atoms with van der Waals surface area (Å²) in [7, 11) is 1.36. The van der Waals surface area contributed by atoms with E-state index in [1.165, 1.54) is 7.05 Å². The Bertz CT molecular complexity index is 565. The van der Waals surface area contributed by atoms with E-state index in [-0.39, 0.29) is 0 Å². The first-order valence-electron chi connectivity index (χ1n) is 6.66. The first-order valence-corrected chi connectivity index (χ1v) is 6.66. The minimum absolute atomic E-state index is 0.415. The zero-order valence-corrected chi connectivity index (χ0v) is 11.4. The summed E-state index contributed by atoms with van der Waals surface area (Å²) in [5.41, 5.74) is -0.758. The molecule has 0 bridgehead atoms. The summed E-state index contributed by atoms with van der Waals surface area (Å²) in [6.07, 6.45) is 1.97. The topological polar surface area (TPSA) is 60.8 Å². The number of aromatic hydroxyl groups is 1. The van der Waals surface area contributed by atoms with Crippen LogP contribution in [0.25, 0.3) is 0 Å². The summed E-state index contributed by atoms with van der Waals surface area (Å²) in [6.45, 7) is 0. The van der Waals surface area contributed by atoms with Gasteiger partial charge in [-0.1, -0.05) is 12.8 Å². The maximum atomic E-state index is 13.8. The number of carbonyl (C=O) groups excluding carboxylic acids is 1. The fourth-order valence-electron chi connectivity index (χ4n) is 2.63. The Balaban J connectivity index is 2.31. The molecule has 1 saturated carbocycles. The van der Waals surface area contributed by atoms with Crippen molar-refractivity contribution >= 4 is 5.91 Å². The van der Waals surface area contributed by atoms with Crippen molar-refractivity contribution in [2.24, 2.45) is 0 Å². The maximum absolute atomic E-state index is 13.8. The van der Waals surface area contributed by atoms with Crippen molar-refractivity contribution < 1.29 is 28.2 Å². The summed E-state index contributed by atoms with van der Waals surface area (Å²) in [6, 6.07) is -0.0979. The fraction of sp³-hybridized carbons (Fsp3) is 0.500. The first-order chi connectivity index (χ1) is 9.84. The quantitative estimate of drug-likeness (QED) is 0.823. The van der Waals surface area contributed by atoms with Crippen LogP contribution < -0.4 is 0 Å². The number of nitrogens with zero attached hydrogens (tertiary/aromatic N) is 1. The minimum Gasteiger partial charge on any atom is -0.503 e. The Kier molecular flexibility index (Phi) is 4.41. The van der Waals surface area contributed by atoms with Gasteiger partial charge in [0.05, 0.1) is 17.7 Å². The molecule has 2 rings (SSSR count). The van der Waals surface area contributed by atoms with Crippen molar-refractivity contribution in [3.63, 3.8) is 0 Å². The van der Waals surface area contributed by atoms with Gasteiger partial charge in [0.1, 0.15) is 0 Å². The standard InChI is InChI=1S/C14H16F3NO3/c1-18(9-4-2-3-5-10(9)19)14(21)7-6-8(15)12(17)13(20)11(7)16/h6,9-10,19-20H,2-5H2,1H3. The van der Waals surface area contributed by atoms with Gasteiger partial charge in [-0.15, -0.1) is 0 Å². The molecule has 1 aromatic carbocycles. The molecular formula is C14H16F3NO3. The van der Waals surface area contributed by atoms with Gasteiger partial charge < -0.3 is 15.1 Å². The molecule has 21 heavy (non-hydrogen) atoms. The molecule has 0 heterocycles. The molecule has 0 saturated heterocycles. The molecule has 2 atom stereocenters. The lowest BCUT2D eigenvalue weighted by molar-refractivity contribution is 0.0264. The number of hydrogen-bond acceptors (Lipinski definition) is 3. The van der Waals surface area contributed by atoms with Gasteiger partial charge >= 0.3 is 0 Å². The van der Waals surface area contributed by atoms with Crippen LogP contribution in [0.3, 0.4) is 0 Å². The Morgan fingerprint density at radius 2 is 1.86 bits per heavy atom. The van der Waals surface area contributed by atoms with Crippen molar-refractivity contribution in [3.05, 3.63) is 29.1 Å². The van der Waals surface area contributed by atoms with E-state index < -0.39 is 46.8 Å². The molecule has 2 N–H and O–H groups in total. The highest BCUT2D eigenvalue weighted by atomic mass is 19.2. The number of amides is 1. The van der Waals surface area contributed by atoms with E-state index in [0.29, 0.717) is 18.9 Å². The maximum Gasteiger partial charge on any atom is 0.257 e. The molecule has 0 spiro atoms. The number of phenols is 1. The molecule has 1 aromatic rings. The second-order valence-corrected chi connectivity index (χ2v) is 5.22. The smallest absolute Gasteiger partial charge is 0.257 e. The van der Waals surface area contributed by atoms with E-state index in [9.17, 15) is 23.1 Å². The van der Waals surface area contributed by atoms with Crippen molar-refractivity contribution in [1.82, 2.24) is 4.90 Å². The monoisotopic (exact) mass is 303 g/mol. The molecule has 0 aliphatic heterocycles. The summed E-state index contributed by atoms with van der Waals surface area (Å²) >= 11 is 0. The molecule has 0 radical (unpaired) electrons. The molecule has 1 aliphatic carbocycles. The SMILES string of the molecule is CN(C(=O)c1cc(F)c(F)c(O)c1F)C1CCCCC1O. The molecule has 0 aromatic heterocycles. The summed E-state index contributed by atoms with van der Waals surface area (Å²) in [5, 5.41) is 19.0. The molecule has 1 amide bonds. The number of benzene rings is 1. The van der Waals surface area contributed by atoms with Gasteiger partial charge in [-0.2, -0.15) is 4.39 Å². The number of aliphatic hydroxyl groups excluding tert-OH is 1. The van der Waals surface area contributed by atoms with E-state index in [1.54, 1.807) is 0 Å². The Morgan fingerprint density at radius 3 is 2.48 bits per heavy atom. The Labute approximate surface area is 119 Å². The van der Waals surface area contributed by atoms with E-state index in [4.69, 9.17) is 5.11 Å². The number of halogens is 3. The highest BCUT2D eigenvalue weighted by Crippen LogP contribution is 2.28. The van der Waals surface area contributed by atoms with Crippen LogP contribution in [0.15, 0.2) is 6.07 Å². The van der Waals surface area contributed by atoms with Gasteiger partial charge in [-0.3, -0.25) is 4.79 Å². The van der Waals surface area contributed by atoms with E-state index >= 15 is 0 Å². The zero-order chi connectivity index (χ0) is 15.7. The van der Waals surface area contributed by atoms with Gasteiger partial charge in [0.25, 0.3) is 5.91 Å². The number of carbonyl (C=O) groups is 1. The van der Waals surface area contributed by atoms with Crippen LogP contribution in [-0.4, -0.2) is 40.2 Å². The predicted molar refractivity (Wildman–Crippen MR) is 68.3 cm³/mol. The summed E-state index contributed by atoms with van der Waals surface area (Å²) in [5.74, 6) is -7.17. The van der Waals surface area contributed by atoms with Crippen LogP contribution in [-0.2, 0) is 0 Å². The average Bonchev–Trinajstić information content (AvgIpc) is 2.48. The molecule has 1 fully saturated rings. The first kappa shape index (κ1) is 15.6. The van der Waals surface area contributed by atoms with E-state index in [2.05, 4.69) is 0 Å². The number of hydrogen-bond donors (Lipinski definition) is 2. The summed E-state index contributed by atoms with van der Waals surface area (Å²) < 4.78 is 40.0. The van der Waals surface area contributed by atoms with Crippen molar-refractivity contribution in [3.8, 4) is 5.75 Å². The number of likely N-dealkylation sites (N-methyl/N-ethyl adjacent to an activating group) is 1. The second kappa shape index (κ2) is 5.93. The van der Waals surface area contributed by atoms with Gasteiger partial charge in [-0.05, 0) is 18.9 Å². The molecule has 116 valence electrons. The number of aliphatic hydroxyl groups is 1. The van der Waals surface area contributed by atoms with Crippen molar-refractivity contribution in [1.29, 1.82) is 0 Å². The molecule has 1 aliphatic rings. The number of phenolic OH excluding ortho intramolecular Hbond substituents is 1. The third-order valence-corrected chi connectivity index (χ3v) is 3.88. The lowest BCUT2D eigenvalue weighted by Crippen LogP contribution is -2.46. The van der Waals surface area contributed by atoms with Crippen LogP contribution in [0, 0.1) is 17.5 Å². The van der Waals surface area contributed by atoms with Gasteiger partial charge in [0, 0.05) is 7.05 Å². The molecule has 7 heteroatoms.